The average molecular weight is 318 g/mol. The third-order valence-corrected chi connectivity index (χ3v) is 3.90. The minimum atomic E-state index is -0.141. The summed E-state index contributed by atoms with van der Waals surface area (Å²) in [4.78, 5) is 24.1. The number of rotatable bonds is 7. The van der Waals surface area contributed by atoms with Gasteiger partial charge in [0.1, 0.15) is 5.75 Å². The van der Waals surface area contributed by atoms with E-state index in [0.717, 1.165) is 11.3 Å². The van der Waals surface area contributed by atoms with Gasteiger partial charge >= 0.3 is 0 Å². The van der Waals surface area contributed by atoms with Gasteiger partial charge in [0.25, 0.3) is 5.91 Å². The Morgan fingerprint density at radius 1 is 1.14 bits per heavy atom. The summed E-state index contributed by atoms with van der Waals surface area (Å²) >= 11 is 1.38. The predicted molar refractivity (Wildman–Crippen MR) is 86.1 cm³/mol. The molecule has 0 fully saturated rings. The van der Waals surface area contributed by atoms with Gasteiger partial charge in [0.15, 0.2) is 0 Å². The number of carbonyl (C=O) groups is 2. The van der Waals surface area contributed by atoms with Crippen molar-refractivity contribution < 1.29 is 14.3 Å². The minimum Gasteiger partial charge on any atom is -0.497 e. The Kier molecular flexibility index (Phi) is 5.97. The molecule has 0 saturated carbocycles. The van der Waals surface area contributed by atoms with Gasteiger partial charge in [-0.1, -0.05) is 18.2 Å². The van der Waals surface area contributed by atoms with Crippen molar-refractivity contribution in [3.63, 3.8) is 0 Å². The van der Waals surface area contributed by atoms with Gasteiger partial charge in [-0.2, -0.15) is 0 Å². The first-order chi connectivity index (χ1) is 10.7. The molecule has 0 saturated heterocycles. The Morgan fingerprint density at radius 2 is 1.91 bits per heavy atom. The van der Waals surface area contributed by atoms with Gasteiger partial charge in [-0.3, -0.25) is 9.59 Å². The van der Waals surface area contributed by atoms with E-state index < -0.39 is 0 Å². The van der Waals surface area contributed by atoms with Gasteiger partial charge < -0.3 is 15.4 Å². The van der Waals surface area contributed by atoms with Gasteiger partial charge in [0.2, 0.25) is 5.91 Å². The molecular weight excluding hydrogens is 300 g/mol. The number of hydrogen-bond acceptors (Lipinski definition) is 4. The third-order valence-electron chi connectivity index (χ3n) is 3.03. The van der Waals surface area contributed by atoms with Crippen molar-refractivity contribution in [2.45, 2.75) is 13.0 Å². The quantitative estimate of drug-likeness (QED) is 0.822. The molecule has 116 valence electrons. The van der Waals surface area contributed by atoms with Gasteiger partial charge in [-0.25, -0.2) is 0 Å². The van der Waals surface area contributed by atoms with Crippen molar-refractivity contribution in [2.24, 2.45) is 0 Å². The van der Waals surface area contributed by atoms with E-state index in [1.807, 2.05) is 35.7 Å². The monoisotopic (exact) mass is 318 g/mol. The van der Waals surface area contributed by atoms with Crippen molar-refractivity contribution in [1.82, 2.24) is 10.6 Å². The molecule has 2 N–H and O–H groups in total. The molecule has 0 bridgehead atoms. The molecule has 1 aromatic carbocycles. The van der Waals surface area contributed by atoms with E-state index in [0.29, 0.717) is 18.0 Å². The smallest absolute Gasteiger partial charge is 0.261 e. The van der Waals surface area contributed by atoms with Crippen molar-refractivity contribution in [2.75, 3.05) is 13.7 Å². The lowest BCUT2D eigenvalue weighted by molar-refractivity contribution is -0.121. The van der Waals surface area contributed by atoms with E-state index in [1.165, 1.54) is 11.3 Å². The molecule has 1 aromatic heterocycles. The van der Waals surface area contributed by atoms with Gasteiger partial charge in [-0.15, -0.1) is 11.3 Å². The number of methoxy groups -OCH3 is 1. The summed E-state index contributed by atoms with van der Waals surface area (Å²) in [5, 5.41) is 7.38. The molecule has 5 nitrogen and oxygen atoms in total. The van der Waals surface area contributed by atoms with Crippen LogP contribution in [0.1, 0.15) is 21.7 Å². The number of carbonyl (C=O) groups excluding carboxylic acids is 2. The van der Waals surface area contributed by atoms with Crippen LogP contribution in [0.4, 0.5) is 0 Å². The first kappa shape index (κ1) is 16.0. The van der Waals surface area contributed by atoms with Crippen LogP contribution in [0.25, 0.3) is 0 Å². The average Bonchev–Trinajstić information content (AvgIpc) is 3.08. The maximum atomic E-state index is 11.7. The fraction of sp³-hybridized carbons (Fsp3) is 0.250. The molecule has 2 rings (SSSR count). The lowest BCUT2D eigenvalue weighted by Gasteiger charge is -2.07. The molecule has 0 aliphatic carbocycles. The summed E-state index contributed by atoms with van der Waals surface area (Å²) < 4.78 is 5.07. The summed E-state index contributed by atoms with van der Waals surface area (Å²) in [6.45, 7) is 0.785. The SMILES string of the molecule is COc1ccc(CNC(=O)CCNC(=O)c2cccs2)cc1. The largest absolute Gasteiger partial charge is 0.497 e. The fourth-order valence-corrected chi connectivity index (χ4v) is 2.46. The lowest BCUT2D eigenvalue weighted by atomic mass is 10.2. The first-order valence-corrected chi connectivity index (χ1v) is 7.78. The first-order valence-electron chi connectivity index (χ1n) is 6.90. The van der Waals surface area contributed by atoms with Crippen LogP contribution in [0.3, 0.4) is 0 Å². The maximum absolute atomic E-state index is 11.7. The summed E-state index contributed by atoms with van der Waals surface area (Å²) in [5.74, 6) is 0.548. The van der Waals surface area contributed by atoms with E-state index in [2.05, 4.69) is 10.6 Å². The third kappa shape index (κ3) is 4.89. The van der Waals surface area contributed by atoms with Crippen LogP contribution in [0, 0.1) is 0 Å². The van der Waals surface area contributed by atoms with Gasteiger partial charge in [0.05, 0.1) is 12.0 Å². The number of thiophene rings is 1. The molecule has 0 spiro atoms. The van der Waals surface area contributed by atoms with Crippen LogP contribution in [-0.2, 0) is 11.3 Å². The number of hydrogen-bond donors (Lipinski definition) is 2. The molecule has 0 aliphatic heterocycles. The van der Waals surface area contributed by atoms with Crippen LogP contribution in [0.15, 0.2) is 41.8 Å². The number of ether oxygens (including phenoxy) is 1. The summed E-state index contributed by atoms with van der Waals surface area (Å²) in [7, 11) is 1.61. The summed E-state index contributed by atoms with van der Waals surface area (Å²) in [6.07, 6.45) is 0.257. The van der Waals surface area contributed by atoms with E-state index >= 15 is 0 Å². The zero-order chi connectivity index (χ0) is 15.8. The minimum absolute atomic E-state index is 0.0951. The molecule has 2 amide bonds. The van der Waals surface area contributed by atoms with E-state index in [9.17, 15) is 9.59 Å². The highest BCUT2D eigenvalue weighted by atomic mass is 32.1. The Morgan fingerprint density at radius 3 is 2.55 bits per heavy atom. The molecule has 0 unspecified atom stereocenters. The molecule has 1 heterocycles. The number of benzene rings is 1. The Hall–Kier alpha value is -2.34. The topological polar surface area (TPSA) is 67.4 Å². The fourth-order valence-electron chi connectivity index (χ4n) is 1.82. The van der Waals surface area contributed by atoms with E-state index in [-0.39, 0.29) is 18.2 Å². The Bertz CT molecular complexity index is 609. The number of amides is 2. The second-order valence-corrected chi connectivity index (χ2v) is 5.56. The Balaban J connectivity index is 1.66. The second-order valence-electron chi connectivity index (χ2n) is 4.61. The predicted octanol–water partition coefficient (Wildman–Crippen LogP) is 2.19. The van der Waals surface area contributed by atoms with Crippen molar-refractivity contribution in [1.29, 1.82) is 0 Å². The zero-order valence-electron chi connectivity index (χ0n) is 12.3. The van der Waals surface area contributed by atoms with E-state index in [1.54, 1.807) is 13.2 Å². The van der Waals surface area contributed by atoms with E-state index in [4.69, 9.17) is 4.74 Å². The second kappa shape index (κ2) is 8.19. The lowest BCUT2D eigenvalue weighted by Crippen LogP contribution is -2.30. The van der Waals surface area contributed by atoms with Crippen LogP contribution in [0.2, 0.25) is 0 Å². The Labute approximate surface area is 133 Å². The van der Waals surface area contributed by atoms with Crippen molar-refractivity contribution in [3.8, 4) is 5.75 Å². The van der Waals surface area contributed by atoms with Crippen LogP contribution < -0.4 is 15.4 Å². The highest BCUT2D eigenvalue weighted by Crippen LogP contribution is 2.11. The highest BCUT2D eigenvalue weighted by molar-refractivity contribution is 7.12. The van der Waals surface area contributed by atoms with Crippen LogP contribution in [-0.4, -0.2) is 25.5 Å². The van der Waals surface area contributed by atoms with Crippen LogP contribution >= 0.6 is 11.3 Å². The number of nitrogens with one attached hydrogen (secondary N) is 2. The van der Waals surface area contributed by atoms with Crippen LogP contribution in [0.5, 0.6) is 5.75 Å². The molecule has 0 atom stereocenters. The maximum Gasteiger partial charge on any atom is 0.261 e. The normalized spacial score (nSPS) is 10.0. The highest BCUT2D eigenvalue weighted by Gasteiger charge is 2.07. The summed E-state index contributed by atoms with van der Waals surface area (Å²) in [6, 6.07) is 11.1. The van der Waals surface area contributed by atoms with Gasteiger partial charge in [0, 0.05) is 19.5 Å². The van der Waals surface area contributed by atoms with Crippen molar-refractivity contribution in [3.05, 3.63) is 52.2 Å². The van der Waals surface area contributed by atoms with Crippen molar-refractivity contribution >= 4 is 23.2 Å². The summed E-state index contributed by atoms with van der Waals surface area (Å²) in [5.41, 5.74) is 0.997. The zero-order valence-corrected chi connectivity index (χ0v) is 13.1. The van der Waals surface area contributed by atoms with Gasteiger partial charge in [-0.05, 0) is 29.1 Å². The standard InChI is InChI=1S/C16H18N2O3S/c1-21-13-6-4-12(5-7-13)11-18-15(19)8-9-17-16(20)14-3-2-10-22-14/h2-7,10H,8-9,11H2,1H3,(H,17,20)(H,18,19). The molecule has 0 aliphatic rings. The molecule has 6 heteroatoms. The molecule has 2 aromatic rings. The molecule has 22 heavy (non-hydrogen) atoms. The molecule has 0 radical (unpaired) electrons. The molecular formula is C16H18N2O3S.